The fraction of sp³-hybridized carbons (Fsp3) is 0.545. The van der Waals surface area contributed by atoms with E-state index in [2.05, 4.69) is 29.9 Å². The normalized spacial score (nSPS) is 8.20. The van der Waals surface area contributed by atoms with Crippen LogP contribution in [-0.2, 0) is 35.2 Å². The second kappa shape index (κ2) is 34.4. The van der Waals surface area contributed by atoms with Crippen LogP contribution < -0.4 is 40.9 Å². The van der Waals surface area contributed by atoms with Crippen LogP contribution in [0.5, 0.6) is 0 Å². The number of hydrogen-bond donors (Lipinski definition) is 4. The van der Waals surface area contributed by atoms with Crippen LogP contribution in [0.15, 0.2) is 22.8 Å². The zero-order chi connectivity index (χ0) is 29.2. The Labute approximate surface area is 259 Å². The molecule has 0 saturated heterocycles. The molecule has 0 bridgehead atoms. The van der Waals surface area contributed by atoms with Crippen molar-refractivity contribution in [3.05, 3.63) is 39.8 Å². The van der Waals surface area contributed by atoms with Crippen molar-refractivity contribution in [2.75, 3.05) is 39.7 Å². The molecule has 14 nitrogen and oxygen atoms in total. The molecule has 0 spiro atoms. The van der Waals surface area contributed by atoms with E-state index in [1.807, 2.05) is 0 Å². The predicted molar refractivity (Wildman–Crippen MR) is 138 cm³/mol. The minimum Gasteiger partial charge on any atom is -0.870 e. The van der Waals surface area contributed by atoms with Gasteiger partial charge in [-0.1, -0.05) is 0 Å². The van der Waals surface area contributed by atoms with E-state index in [-0.39, 0.29) is 90.8 Å². The molecule has 6 N–H and O–H groups in total. The molecule has 0 aliphatic rings. The molecule has 1 aromatic rings. The third kappa shape index (κ3) is 27.0. The minimum absolute atomic E-state index is 0. The Morgan fingerprint density at radius 1 is 1.02 bits per heavy atom. The predicted octanol–water partition coefficient (Wildman–Crippen LogP) is -1.41. The first-order valence-corrected chi connectivity index (χ1v) is 11.0. The van der Waals surface area contributed by atoms with E-state index >= 15 is 0 Å². The van der Waals surface area contributed by atoms with E-state index in [9.17, 15) is 28.0 Å². The molecule has 0 saturated carbocycles. The molecule has 40 heavy (non-hydrogen) atoms. The maximum atomic E-state index is 12.0. The molecule has 0 aromatic carbocycles. The second-order valence-electron chi connectivity index (χ2n) is 5.83. The zero-order valence-corrected chi connectivity index (χ0v) is 26.3. The summed E-state index contributed by atoms with van der Waals surface area (Å²) in [6.45, 7) is 7.82. The van der Waals surface area contributed by atoms with Gasteiger partial charge in [-0.15, -0.1) is 12.4 Å². The van der Waals surface area contributed by atoms with Crippen LogP contribution in [0.1, 0.15) is 50.8 Å². The van der Waals surface area contributed by atoms with E-state index in [0.29, 0.717) is 6.61 Å². The van der Waals surface area contributed by atoms with Gasteiger partial charge in [0.05, 0.1) is 26.4 Å². The third-order valence-corrected chi connectivity index (χ3v) is 2.98. The molecular formula is C22H38ClF2N4NaO10. The summed E-state index contributed by atoms with van der Waals surface area (Å²) in [5.41, 5.74) is 3.37. The molecule has 0 unspecified atom stereocenters. The maximum Gasteiger partial charge on any atom is 1.00 e. The first-order chi connectivity index (χ1) is 17.5. The number of H-pyrrole nitrogens is 1. The Balaban J connectivity index is -0.000000108. The van der Waals surface area contributed by atoms with Crippen LogP contribution in [0.2, 0.25) is 0 Å². The Hall–Kier alpha value is -2.63. The summed E-state index contributed by atoms with van der Waals surface area (Å²) in [6.07, 6.45) is 2.07. The van der Waals surface area contributed by atoms with Crippen LogP contribution in [0.4, 0.5) is 8.78 Å². The summed E-state index contributed by atoms with van der Waals surface area (Å²) < 4.78 is 41.6. The van der Waals surface area contributed by atoms with Gasteiger partial charge >= 0.3 is 47.5 Å². The van der Waals surface area contributed by atoms with E-state index in [1.54, 1.807) is 34.6 Å². The molecule has 0 radical (unpaired) electrons. The number of nitrogens with zero attached hydrogens (tertiary/aromatic N) is 1. The van der Waals surface area contributed by atoms with Gasteiger partial charge in [0.15, 0.2) is 5.57 Å². The van der Waals surface area contributed by atoms with Crippen LogP contribution >= 0.6 is 12.4 Å². The van der Waals surface area contributed by atoms with Crippen molar-refractivity contribution in [3.63, 3.8) is 0 Å². The monoisotopic (exact) mass is 614 g/mol. The Kier molecular flexibility index (Phi) is 43.2. The van der Waals surface area contributed by atoms with Gasteiger partial charge in [0, 0.05) is 12.8 Å². The first kappa shape index (κ1) is 50.2. The number of nitrogens with two attached hydrogens (primary N) is 1. The number of halogens is 3. The number of aromatic nitrogens is 2. The van der Waals surface area contributed by atoms with Crippen LogP contribution in [0.3, 0.4) is 0 Å². The number of carbonyl (C=O) groups is 3. The van der Waals surface area contributed by atoms with Crippen molar-refractivity contribution in [2.24, 2.45) is 5.73 Å². The van der Waals surface area contributed by atoms with E-state index in [4.69, 9.17) is 15.3 Å². The number of hydrogen-bond acceptors (Lipinski definition) is 12. The first-order valence-electron chi connectivity index (χ1n) is 11.0. The maximum absolute atomic E-state index is 12.0. The average molecular weight is 615 g/mol. The van der Waals surface area contributed by atoms with E-state index in [0.717, 1.165) is 12.5 Å². The molecule has 0 atom stereocenters. The van der Waals surface area contributed by atoms with E-state index < -0.39 is 42.7 Å². The smallest absolute Gasteiger partial charge is 0.870 e. The number of alkyl halides is 2. The van der Waals surface area contributed by atoms with Crippen LogP contribution in [0.25, 0.3) is 0 Å². The number of aromatic amines is 1. The van der Waals surface area contributed by atoms with Crippen molar-refractivity contribution in [3.8, 4) is 0 Å². The molecule has 0 aliphatic heterocycles. The van der Waals surface area contributed by atoms with E-state index in [1.165, 1.54) is 0 Å². The molecule has 1 aromatic heterocycles. The van der Waals surface area contributed by atoms with Gasteiger partial charge in [-0.05, 0) is 34.6 Å². The summed E-state index contributed by atoms with van der Waals surface area (Å²) in [6, 6.07) is 0. The number of rotatable bonds is 10. The van der Waals surface area contributed by atoms with Gasteiger partial charge in [-0.3, -0.25) is 10.2 Å². The number of ether oxygens (including phenoxy) is 4. The molecular weight excluding hydrogens is 577 g/mol. The summed E-state index contributed by atoms with van der Waals surface area (Å²) in [7, 11) is 0. The van der Waals surface area contributed by atoms with Crippen molar-refractivity contribution >= 4 is 36.2 Å². The summed E-state index contributed by atoms with van der Waals surface area (Å²) in [5.74, 6) is -2.74. The Morgan fingerprint density at radius 3 is 1.75 bits per heavy atom. The minimum atomic E-state index is -0.877. The summed E-state index contributed by atoms with van der Waals surface area (Å²) in [5, 5.41) is 13.7. The average Bonchev–Trinajstić information content (AvgIpc) is 2.86. The van der Waals surface area contributed by atoms with Crippen molar-refractivity contribution in [2.45, 2.75) is 41.3 Å². The number of carbonyl (C=O) groups excluding carboxylic acids is 3. The molecule has 18 heteroatoms. The van der Waals surface area contributed by atoms with Crippen LogP contribution in [0, 0.1) is 5.41 Å². The number of esters is 3. The Morgan fingerprint density at radius 2 is 1.45 bits per heavy atom. The fourth-order valence-electron chi connectivity index (χ4n) is 1.62. The van der Waals surface area contributed by atoms with Gasteiger partial charge in [-0.2, -0.15) is 0 Å². The third-order valence-electron chi connectivity index (χ3n) is 2.98. The Bertz CT molecular complexity index is 889. The second-order valence-corrected chi connectivity index (χ2v) is 5.83. The molecule has 1 heterocycles. The number of aliphatic hydroxyl groups excluding tert-OH is 1. The van der Waals surface area contributed by atoms with Crippen molar-refractivity contribution in [1.82, 2.24) is 9.97 Å². The molecule has 1 rings (SSSR count). The molecule has 228 valence electrons. The van der Waals surface area contributed by atoms with Gasteiger partial charge in [0.25, 0.3) is 5.56 Å². The van der Waals surface area contributed by atoms with Gasteiger partial charge in [0.2, 0.25) is 0 Å². The van der Waals surface area contributed by atoms with Crippen molar-refractivity contribution in [1.29, 1.82) is 5.41 Å². The summed E-state index contributed by atoms with van der Waals surface area (Å²) >= 11 is 0. The molecule has 0 fully saturated rings. The zero-order valence-electron chi connectivity index (χ0n) is 23.5. The largest absolute Gasteiger partial charge is 1.00 e. The van der Waals surface area contributed by atoms with Crippen LogP contribution in [-0.4, -0.2) is 84.0 Å². The molecule has 0 amide bonds. The van der Waals surface area contributed by atoms with Gasteiger partial charge in [-0.25, -0.2) is 28.1 Å². The topological polar surface area (TPSA) is 234 Å². The quantitative estimate of drug-likeness (QED) is 0.0274. The van der Waals surface area contributed by atoms with Crippen molar-refractivity contribution < 1.29 is 82.3 Å². The number of amidine groups is 1. The molecule has 0 aliphatic carbocycles. The number of aliphatic hydroxyl groups is 1. The van der Waals surface area contributed by atoms with Gasteiger partial charge < -0.3 is 40.2 Å². The number of nitrogens with one attached hydrogen (secondary N) is 2. The SMILES string of the molecule is CCO.CCOC(=O)c1cnc(CF)[nH]c1=O.CCOC=C(C(=O)OCC)C(=O)OCC.Cl.N=C(N)CF.[Na+].[OH-]. The standard InChI is InChI=1S/C10H16O5.C8H9FN2O3.C2H5FN2.C2H6O.ClH.Na.H2O/c1-4-13-7-8(9(11)14-5-2)10(12)15-6-3;1-2-14-8(13)5-4-10-6(3-9)11-7(5)12;3-1-2(4)5;1-2-3;;;/h7H,4-6H2,1-3H3;4H,2-3H2,1H3,(H,10,11,12);1H2,(H3,4,5);3H,2H2,1H3;1H;;1H2/q;;;;;+1;/p-1. The van der Waals surface area contributed by atoms with Gasteiger partial charge in [0.1, 0.15) is 36.8 Å². The fourth-order valence-corrected chi connectivity index (χ4v) is 1.62. The summed E-state index contributed by atoms with van der Waals surface area (Å²) in [4.78, 5) is 50.5.